The number of carbonyl (C=O) groups is 1. The van der Waals surface area contributed by atoms with Crippen molar-refractivity contribution in [1.29, 1.82) is 0 Å². The number of esters is 1. The van der Waals surface area contributed by atoms with Gasteiger partial charge < -0.3 is 4.74 Å². The molecule has 22 heavy (non-hydrogen) atoms. The lowest BCUT2D eigenvalue weighted by Crippen LogP contribution is -2.31. The summed E-state index contributed by atoms with van der Waals surface area (Å²) < 4.78 is 59.0. The van der Waals surface area contributed by atoms with E-state index in [1.165, 1.54) is 0 Å². The number of halogens is 1. The molecule has 1 unspecified atom stereocenters. The van der Waals surface area contributed by atoms with Crippen LogP contribution in [0.25, 0.3) is 0 Å². The van der Waals surface area contributed by atoms with E-state index in [-0.39, 0.29) is 6.61 Å². The average molecular weight is 371 g/mol. The Morgan fingerprint density at radius 1 is 1.18 bits per heavy atom. The lowest BCUT2D eigenvalue weighted by atomic mass is 10.2. The first-order valence-electron chi connectivity index (χ1n) is 5.86. The van der Waals surface area contributed by atoms with Crippen molar-refractivity contribution in [3.63, 3.8) is 0 Å². The van der Waals surface area contributed by atoms with Crippen LogP contribution in [-0.4, -0.2) is 40.6 Å². The van der Waals surface area contributed by atoms with Gasteiger partial charge in [0.15, 0.2) is 6.10 Å². The highest BCUT2D eigenvalue weighted by Gasteiger charge is 2.37. The number of hydrogen-bond donors (Lipinski definition) is 0. The summed E-state index contributed by atoms with van der Waals surface area (Å²) >= 11 is 5.70. The largest absolute Gasteiger partial charge is 0.459 e. The zero-order valence-corrected chi connectivity index (χ0v) is 13.4. The lowest BCUT2D eigenvalue weighted by Gasteiger charge is -2.12. The molecule has 0 spiro atoms. The number of carbonyl (C=O) groups excluding carboxylic acids is 1. The van der Waals surface area contributed by atoms with E-state index in [2.05, 4.69) is 8.37 Å². The maximum Gasteiger partial charge on any atom is 0.339 e. The Hall–Kier alpha value is -1.20. The summed E-state index contributed by atoms with van der Waals surface area (Å²) in [4.78, 5) is 11.8. The molecule has 0 bridgehead atoms. The van der Waals surface area contributed by atoms with Crippen LogP contribution in [0.2, 0.25) is 5.02 Å². The van der Waals surface area contributed by atoms with Crippen molar-refractivity contribution in [2.75, 3.05) is 11.7 Å². The summed E-state index contributed by atoms with van der Waals surface area (Å²) in [7, 11) is -8.74. The molecule has 0 N–H and O–H groups in total. The van der Waals surface area contributed by atoms with Crippen molar-refractivity contribution in [3.05, 3.63) is 34.9 Å². The van der Waals surface area contributed by atoms with Gasteiger partial charge in [-0.2, -0.15) is 16.8 Å². The summed E-state index contributed by atoms with van der Waals surface area (Å²) in [5.41, 5.74) is 0.614. The first kappa shape index (κ1) is 17.2. The van der Waals surface area contributed by atoms with Gasteiger partial charge >= 0.3 is 5.97 Å². The second-order valence-corrected chi connectivity index (χ2v) is 8.37. The molecular weight excluding hydrogens is 360 g/mol. The van der Waals surface area contributed by atoms with Crippen LogP contribution in [0, 0.1) is 0 Å². The van der Waals surface area contributed by atoms with Gasteiger partial charge in [0.2, 0.25) is 5.08 Å². The van der Waals surface area contributed by atoms with E-state index in [0.29, 0.717) is 10.6 Å². The summed E-state index contributed by atoms with van der Waals surface area (Å²) in [5, 5.41) is -0.840. The monoisotopic (exact) mass is 370 g/mol. The molecule has 0 aliphatic carbocycles. The van der Waals surface area contributed by atoms with Crippen LogP contribution in [0.4, 0.5) is 0 Å². The van der Waals surface area contributed by atoms with Crippen LogP contribution in [0.15, 0.2) is 24.3 Å². The quantitative estimate of drug-likeness (QED) is 0.555. The molecule has 1 aliphatic heterocycles. The van der Waals surface area contributed by atoms with Gasteiger partial charge in [-0.15, -0.1) is 0 Å². The summed E-state index contributed by atoms with van der Waals surface area (Å²) in [6.07, 6.45) is -1.67. The molecule has 1 aromatic rings. The molecular formula is C11H11ClO8S2. The lowest BCUT2D eigenvalue weighted by molar-refractivity contribution is -0.154. The highest BCUT2D eigenvalue weighted by Crippen LogP contribution is 2.15. The van der Waals surface area contributed by atoms with E-state index in [4.69, 9.17) is 16.3 Å². The van der Waals surface area contributed by atoms with E-state index in [1.807, 2.05) is 0 Å². The standard InChI is InChI=1S/C11H11ClO8S2/c12-9-3-1-8(2-4-9)5-18-11(13)10-6-19-21(14,15)7-22(16,17)20-10/h1-4,10H,5-7H2. The molecule has 1 fully saturated rings. The molecule has 122 valence electrons. The van der Waals surface area contributed by atoms with Gasteiger partial charge in [-0.25, -0.2) is 4.79 Å². The van der Waals surface area contributed by atoms with Gasteiger partial charge in [0.25, 0.3) is 20.2 Å². The molecule has 0 aromatic heterocycles. The van der Waals surface area contributed by atoms with Gasteiger partial charge in [-0.3, -0.25) is 8.37 Å². The highest BCUT2D eigenvalue weighted by molar-refractivity contribution is 8.03. The maximum atomic E-state index is 11.8. The van der Waals surface area contributed by atoms with Gasteiger partial charge in [0, 0.05) is 5.02 Å². The van der Waals surface area contributed by atoms with Gasteiger partial charge in [0.05, 0.1) is 0 Å². The third-order valence-electron chi connectivity index (χ3n) is 2.51. The van der Waals surface area contributed by atoms with Crippen molar-refractivity contribution in [1.82, 2.24) is 0 Å². The number of ether oxygens (including phenoxy) is 1. The number of hydrogen-bond acceptors (Lipinski definition) is 8. The van der Waals surface area contributed by atoms with E-state index < -0.39 is 44.0 Å². The van der Waals surface area contributed by atoms with E-state index in [1.54, 1.807) is 24.3 Å². The van der Waals surface area contributed by atoms with Crippen molar-refractivity contribution < 1.29 is 34.7 Å². The number of benzene rings is 1. The fourth-order valence-electron chi connectivity index (χ4n) is 1.54. The average Bonchev–Trinajstić information content (AvgIpc) is 2.52. The Morgan fingerprint density at radius 3 is 2.45 bits per heavy atom. The number of rotatable bonds is 3. The third-order valence-corrected chi connectivity index (χ3v) is 6.09. The Bertz CT molecular complexity index is 754. The van der Waals surface area contributed by atoms with E-state index >= 15 is 0 Å². The molecule has 2 rings (SSSR count). The van der Waals surface area contributed by atoms with Crippen molar-refractivity contribution >= 4 is 37.8 Å². The molecule has 8 nitrogen and oxygen atoms in total. The normalized spacial score (nSPS) is 23.4. The predicted octanol–water partition coefficient (Wildman–Crippen LogP) is 0.416. The van der Waals surface area contributed by atoms with Crippen LogP contribution >= 0.6 is 11.6 Å². The van der Waals surface area contributed by atoms with Crippen LogP contribution in [0.1, 0.15) is 5.56 Å². The minimum atomic E-state index is -4.44. The Kier molecular flexibility index (Phi) is 5.07. The first-order valence-corrected chi connectivity index (χ1v) is 9.39. The SMILES string of the molecule is O=C(OCc1ccc(Cl)cc1)C1COS(=O)(=O)CS(=O)(=O)O1. The highest BCUT2D eigenvalue weighted by atomic mass is 35.5. The summed E-state index contributed by atoms with van der Waals surface area (Å²) in [5.74, 6) is -1.05. The second-order valence-electron chi connectivity index (χ2n) is 4.34. The maximum absolute atomic E-state index is 11.8. The summed E-state index contributed by atoms with van der Waals surface area (Å²) in [6.45, 7) is -0.913. The molecule has 11 heteroatoms. The molecule has 1 aliphatic rings. The molecule has 1 heterocycles. The van der Waals surface area contributed by atoms with E-state index in [9.17, 15) is 21.6 Å². The first-order chi connectivity index (χ1) is 10.2. The van der Waals surface area contributed by atoms with Crippen LogP contribution in [-0.2, 0) is 44.7 Å². The molecule has 0 radical (unpaired) electrons. The van der Waals surface area contributed by atoms with Crippen LogP contribution in [0.3, 0.4) is 0 Å². The zero-order chi connectivity index (χ0) is 16.4. The third kappa shape index (κ3) is 4.92. The van der Waals surface area contributed by atoms with Gasteiger partial charge in [-0.05, 0) is 17.7 Å². The van der Waals surface area contributed by atoms with Crippen LogP contribution in [0.5, 0.6) is 0 Å². The van der Waals surface area contributed by atoms with Crippen LogP contribution < -0.4 is 0 Å². The Morgan fingerprint density at radius 2 is 1.82 bits per heavy atom. The van der Waals surface area contributed by atoms with Crippen molar-refractivity contribution in [2.24, 2.45) is 0 Å². The Balaban J connectivity index is 2.01. The molecule has 1 saturated heterocycles. The topological polar surface area (TPSA) is 113 Å². The summed E-state index contributed by atoms with van der Waals surface area (Å²) in [6, 6.07) is 6.41. The van der Waals surface area contributed by atoms with E-state index in [0.717, 1.165) is 0 Å². The van der Waals surface area contributed by atoms with Gasteiger partial charge in [0.1, 0.15) is 13.2 Å². The molecule has 0 amide bonds. The van der Waals surface area contributed by atoms with Crippen molar-refractivity contribution in [3.8, 4) is 0 Å². The minimum Gasteiger partial charge on any atom is -0.459 e. The smallest absolute Gasteiger partial charge is 0.339 e. The fraction of sp³-hybridized carbons (Fsp3) is 0.364. The zero-order valence-electron chi connectivity index (χ0n) is 11.0. The second kappa shape index (κ2) is 6.50. The minimum absolute atomic E-state index is 0.150. The predicted molar refractivity (Wildman–Crippen MR) is 74.8 cm³/mol. The van der Waals surface area contributed by atoms with Crippen molar-refractivity contribution in [2.45, 2.75) is 12.7 Å². The molecule has 1 aromatic carbocycles. The fourth-order valence-corrected chi connectivity index (χ4v) is 4.40. The molecule has 0 saturated carbocycles. The Labute approximate surface area is 132 Å². The van der Waals surface area contributed by atoms with Gasteiger partial charge in [-0.1, -0.05) is 23.7 Å². The molecule has 1 atom stereocenters.